The van der Waals surface area contributed by atoms with E-state index in [-0.39, 0.29) is 17.7 Å². The maximum Gasteiger partial charge on any atom is 0.303 e. The highest BCUT2D eigenvalue weighted by atomic mass is 16.4. The van der Waals surface area contributed by atoms with Crippen LogP contribution < -0.4 is 0 Å². The molecule has 0 radical (unpaired) electrons. The van der Waals surface area contributed by atoms with Gasteiger partial charge in [-0.1, -0.05) is 12.8 Å². The number of carboxylic acid groups (broad SMARTS) is 1. The van der Waals surface area contributed by atoms with Crippen molar-refractivity contribution in [2.24, 2.45) is 5.41 Å². The van der Waals surface area contributed by atoms with Crippen LogP contribution in [-0.2, 0) is 9.59 Å². The third kappa shape index (κ3) is 3.57. The van der Waals surface area contributed by atoms with Gasteiger partial charge in [0.25, 0.3) is 0 Å². The van der Waals surface area contributed by atoms with Gasteiger partial charge < -0.3 is 10.0 Å². The van der Waals surface area contributed by atoms with Crippen LogP contribution in [0.15, 0.2) is 0 Å². The van der Waals surface area contributed by atoms with Crippen LogP contribution in [0.2, 0.25) is 0 Å². The number of carboxylic acids is 1. The smallest absolute Gasteiger partial charge is 0.303 e. The van der Waals surface area contributed by atoms with Gasteiger partial charge >= 0.3 is 5.97 Å². The van der Waals surface area contributed by atoms with Crippen LogP contribution in [0.5, 0.6) is 0 Å². The minimum Gasteiger partial charge on any atom is -0.481 e. The fraction of sp³-hybridized carbons (Fsp3) is 0.875. The van der Waals surface area contributed by atoms with Crippen LogP contribution in [0.4, 0.5) is 0 Å². The molecule has 118 valence electrons. The fourth-order valence-electron chi connectivity index (χ4n) is 4.07. The van der Waals surface area contributed by atoms with E-state index in [1.807, 2.05) is 4.90 Å². The van der Waals surface area contributed by atoms with Crippen LogP contribution in [0.1, 0.15) is 51.4 Å². The Morgan fingerprint density at radius 1 is 1.00 bits per heavy atom. The van der Waals surface area contributed by atoms with Gasteiger partial charge in [0.05, 0.1) is 6.42 Å². The van der Waals surface area contributed by atoms with Gasteiger partial charge in [-0.2, -0.15) is 0 Å². The van der Waals surface area contributed by atoms with E-state index in [2.05, 4.69) is 4.90 Å². The second-order valence-corrected chi connectivity index (χ2v) is 7.10. The zero-order chi connectivity index (χ0) is 14.9. The lowest BCUT2D eigenvalue weighted by molar-refractivity contribution is -0.142. The maximum absolute atomic E-state index is 12.5. The first-order valence-electron chi connectivity index (χ1n) is 8.32. The average molecular weight is 294 g/mol. The molecule has 3 rings (SSSR count). The number of carbonyl (C=O) groups excluding carboxylic acids is 1. The van der Waals surface area contributed by atoms with E-state index in [1.54, 1.807) is 0 Å². The van der Waals surface area contributed by atoms with Crippen LogP contribution in [-0.4, -0.2) is 59.0 Å². The Morgan fingerprint density at radius 2 is 1.62 bits per heavy atom. The van der Waals surface area contributed by atoms with Crippen molar-refractivity contribution in [2.45, 2.75) is 57.4 Å². The summed E-state index contributed by atoms with van der Waals surface area (Å²) in [6.07, 6.45) is 7.14. The Hall–Kier alpha value is -1.10. The molecule has 5 heteroatoms. The second kappa shape index (κ2) is 5.95. The Labute approximate surface area is 126 Å². The number of amides is 1. The van der Waals surface area contributed by atoms with E-state index in [0.29, 0.717) is 6.42 Å². The summed E-state index contributed by atoms with van der Waals surface area (Å²) in [6, 6.07) is 0.774. The van der Waals surface area contributed by atoms with Gasteiger partial charge in [-0.3, -0.25) is 14.5 Å². The minimum atomic E-state index is -0.761. The summed E-state index contributed by atoms with van der Waals surface area (Å²) >= 11 is 0. The molecule has 3 fully saturated rings. The molecular formula is C16H26N2O3. The summed E-state index contributed by atoms with van der Waals surface area (Å²) in [5.74, 6) is -0.586. The Kier molecular flexibility index (Phi) is 4.20. The molecule has 3 aliphatic rings. The molecule has 1 amide bonds. The van der Waals surface area contributed by atoms with Gasteiger partial charge in [0.15, 0.2) is 0 Å². The fourth-order valence-corrected chi connectivity index (χ4v) is 4.07. The lowest BCUT2D eigenvalue weighted by Gasteiger charge is -2.37. The zero-order valence-electron chi connectivity index (χ0n) is 12.7. The molecule has 0 aromatic rings. The van der Waals surface area contributed by atoms with Crippen molar-refractivity contribution in [1.82, 2.24) is 9.80 Å². The molecule has 0 atom stereocenters. The normalized spacial score (nSPS) is 26.0. The quantitative estimate of drug-likeness (QED) is 0.838. The third-order valence-corrected chi connectivity index (χ3v) is 5.45. The molecule has 2 saturated carbocycles. The lowest BCUT2D eigenvalue weighted by Crippen LogP contribution is -2.50. The Bertz CT molecular complexity index is 406. The molecule has 1 aliphatic heterocycles. The van der Waals surface area contributed by atoms with Crippen molar-refractivity contribution < 1.29 is 14.7 Å². The molecule has 1 heterocycles. The van der Waals surface area contributed by atoms with Gasteiger partial charge in [0.2, 0.25) is 5.91 Å². The molecule has 0 unspecified atom stereocenters. The van der Waals surface area contributed by atoms with Crippen molar-refractivity contribution in [3.8, 4) is 0 Å². The van der Waals surface area contributed by atoms with Gasteiger partial charge in [0, 0.05) is 38.6 Å². The average Bonchev–Trinajstić information content (AvgIpc) is 3.20. The zero-order valence-corrected chi connectivity index (χ0v) is 12.7. The monoisotopic (exact) mass is 294 g/mol. The van der Waals surface area contributed by atoms with Crippen LogP contribution in [0.25, 0.3) is 0 Å². The molecule has 21 heavy (non-hydrogen) atoms. The molecule has 0 spiro atoms. The van der Waals surface area contributed by atoms with E-state index in [9.17, 15) is 9.59 Å². The van der Waals surface area contributed by atoms with Crippen molar-refractivity contribution in [1.29, 1.82) is 0 Å². The molecule has 2 aliphatic carbocycles. The predicted octanol–water partition coefficient (Wildman–Crippen LogP) is 1.72. The van der Waals surface area contributed by atoms with E-state index < -0.39 is 5.97 Å². The first-order chi connectivity index (χ1) is 10.1. The molecular weight excluding hydrogens is 268 g/mol. The van der Waals surface area contributed by atoms with Crippen LogP contribution in [0.3, 0.4) is 0 Å². The number of nitrogens with zero attached hydrogens (tertiary/aromatic N) is 2. The summed E-state index contributed by atoms with van der Waals surface area (Å²) in [4.78, 5) is 28.1. The van der Waals surface area contributed by atoms with Crippen LogP contribution in [0, 0.1) is 5.41 Å². The molecule has 0 aromatic carbocycles. The minimum absolute atomic E-state index is 0.154. The standard InChI is InChI=1S/C16H26N2O3/c19-14(11-16(12-15(20)21)5-1-2-6-16)18-9-7-17(8-10-18)13-3-4-13/h13H,1-12H2,(H,20,21). The van der Waals surface area contributed by atoms with Crippen molar-refractivity contribution in [3.63, 3.8) is 0 Å². The molecule has 1 N–H and O–H groups in total. The third-order valence-electron chi connectivity index (χ3n) is 5.45. The van der Waals surface area contributed by atoms with Crippen molar-refractivity contribution >= 4 is 11.9 Å². The summed E-state index contributed by atoms with van der Waals surface area (Å²) in [5, 5.41) is 9.13. The Morgan fingerprint density at radius 3 is 2.14 bits per heavy atom. The number of rotatable bonds is 5. The summed E-state index contributed by atoms with van der Waals surface area (Å²) in [7, 11) is 0. The Balaban J connectivity index is 1.53. The van der Waals surface area contributed by atoms with Gasteiger partial charge in [-0.05, 0) is 31.1 Å². The van der Waals surface area contributed by atoms with Crippen molar-refractivity contribution in [3.05, 3.63) is 0 Å². The summed E-state index contributed by atoms with van der Waals surface area (Å²) in [5.41, 5.74) is -0.267. The lowest BCUT2D eigenvalue weighted by atomic mass is 9.79. The largest absolute Gasteiger partial charge is 0.481 e. The highest BCUT2D eigenvalue weighted by Crippen LogP contribution is 2.44. The van der Waals surface area contributed by atoms with Crippen molar-refractivity contribution in [2.75, 3.05) is 26.2 Å². The van der Waals surface area contributed by atoms with E-state index in [4.69, 9.17) is 5.11 Å². The number of hydrogen-bond acceptors (Lipinski definition) is 3. The summed E-state index contributed by atoms with van der Waals surface area (Å²) < 4.78 is 0. The molecule has 1 saturated heterocycles. The number of piperazine rings is 1. The highest BCUT2D eigenvalue weighted by Gasteiger charge is 2.40. The van der Waals surface area contributed by atoms with E-state index in [0.717, 1.165) is 57.9 Å². The summed E-state index contributed by atoms with van der Waals surface area (Å²) in [6.45, 7) is 3.61. The van der Waals surface area contributed by atoms with Crippen LogP contribution >= 0.6 is 0 Å². The first kappa shape index (κ1) is 14.8. The number of carbonyl (C=O) groups is 2. The number of aliphatic carboxylic acids is 1. The van der Waals surface area contributed by atoms with Gasteiger partial charge in [-0.25, -0.2) is 0 Å². The molecule has 0 bridgehead atoms. The number of hydrogen-bond donors (Lipinski definition) is 1. The molecule has 0 aromatic heterocycles. The molecule has 5 nitrogen and oxygen atoms in total. The maximum atomic E-state index is 12.5. The van der Waals surface area contributed by atoms with Gasteiger partial charge in [0.1, 0.15) is 0 Å². The second-order valence-electron chi connectivity index (χ2n) is 7.10. The van der Waals surface area contributed by atoms with E-state index in [1.165, 1.54) is 12.8 Å². The first-order valence-corrected chi connectivity index (χ1v) is 8.32. The SMILES string of the molecule is O=C(O)CC1(CC(=O)N2CCN(C3CC3)CC2)CCCC1. The predicted molar refractivity (Wildman–Crippen MR) is 78.9 cm³/mol. The highest BCUT2D eigenvalue weighted by molar-refractivity contribution is 5.78. The van der Waals surface area contributed by atoms with Gasteiger partial charge in [-0.15, -0.1) is 0 Å². The topological polar surface area (TPSA) is 60.9 Å². The van der Waals surface area contributed by atoms with E-state index >= 15 is 0 Å².